The molecular weight excluding hydrogens is 306 g/mol. The van der Waals surface area contributed by atoms with Crippen LogP contribution >= 0.6 is 0 Å². The molecule has 0 saturated carbocycles. The standard InChI is InChI=1S/C19H25NO2S/c1-15-6-12-18(13-7-15)23(21,22)20(5)14-16-8-10-17(11-9-16)19(2,3)4/h6-13H,14H2,1-5H3. The van der Waals surface area contributed by atoms with E-state index in [2.05, 4.69) is 32.9 Å². The average molecular weight is 331 g/mol. The number of hydrogen-bond acceptors (Lipinski definition) is 2. The molecule has 2 aromatic rings. The summed E-state index contributed by atoms with van der Waals surface area (Å²) in [4.78, 5) is 0.330. The first-order chi connectivity index (χ1) is 10.6. The molecule has 0 aliphatic rings. The van der Waals surface area contributed by atoms with E-state index in [1.54, 1.807) is 19.2 Å². The van der Waals surface area contributed by atoms with Crippen LogP contribution in [0.15, 0.2) is 53.4 Å². The summed E-state index contributed by atoms with van der Waals surface area (Å²) in [6.45, 7) is 8.79. The molecule has 0 fully saturated rings. The minimum Gasteiger partial charge on any atom is -0.207 e. The van der Waals surface area contributed by atoms with Gasteiger partial charge < -0.3 is 0 Å². The highest BCUT2D eigenvalue weighted by atomic mass is 32.2. The van der Waals surface area contributed by atoms with Crippen molar-refractivity contribution in [3.63, 3.8) is 0 Å². The topological polar surface area (TPSA) is 37.4 Å². The third-order valence-electron chi connectivity index (χ3n) is 3.95. The quantitative estimate of drug-likeness (QED) is 0.845. The smallest absolute Gasteiger partial charge is 0.207 e. The van der Waals surface area contributed by atoms with Crippen LogP contribution in [0.4, 0.5) is 0 Å². The van der Waals surface area contributed by atoms with Crippen LogP contribution < -0.4 is 0 Å². The van der Waals surface area contributed by atoms with Crippen molar-refractivity contribution in [1.82, 2.24) is 4.31 Å². The predicted octanol–water partition coefficient (Wildman–Crippen LogP) is 4.11. The van der Waals surface area contributed by atoms with Gasteiger partial charge in [0.15, 0.2) is 0 Å². The van der Waals surface area contributed by atoms with Crippen molar-refractivity contribution in [3.8, 4) is 0 Å². The van der Waals surface area contributed by atoms with Gasteiger partial charge >= 0.3 is 0 Å². The molecule has 2 rings (SSSR count). The molecule has 0 unspecified atom stereocenters. The highest BCUT2D eigenvalue weighted by Gasteiger charge is 2.21. The normalized spacial score (nSPS) is 12.6. The van der Waals surface area contributed by atoms with Crippen LogP contribution in [-0.2, 0) is 22.0 Å². The van der Waals surface area contributed by atoms with Crippen LogP contribution in [0.2, 0.25) is 0 Å². The highest BCUT2D eigenvalue weighted by Crippen LogP contribution is 2.23. The Morgan fingerprint density at radius 1 is 0.913 bits per heavy atom. The van der Waals surface area contributed by atoms with E-state index in [1.807, 2.05) is 31.2 Å². The Hall–Kier alpha value is -1.65. The second kappa shape index (κ2) is 6.46. The molecule has 3 nitrogen and oxygen atoms in total. The fraction of sp³-hybridized carbons (Fsp3) is 0.368. The van der Waals surface area contributed by atoms with Crippen LogP contribution in [0, 0.1) is 6.92 Å². The molecule has 0 saturated heterocycles. The van der Waals surface area contributed by atoms with E-state index < -0.39 is 10.0 Å². The lowest BCUT2D eigenvalue weighted by Crippen LogP contribution is -2.26. The second-order valence-corrected chi connectivity index (χ2v) is 9.07. The van der Waals surface area contributed by atoms with Crippen LogP contribution in [0.5, 0.6) is 0 Å². The van der Waals surface area contributed by atoms with Crippen molar-refractivity contribution >= 4 is 10.0 Å². The molecular formula is C19H25NO2S. The van der Waals surface area contributed by atoms with Crippen molar-refractivity contribution in [2.75, 3.05) is 7.05 Å². The highest BCUT2D eigenvalue weighted by molar-refractivity contribution is 7.89. The van der Waals surface area contributed by atoms with E-state index in [0.29, 0.717) is 11.4 Å². The number of hydrogen-bond donors (Lipinski definition) is 0. The van der Waals surface area contributed by atoms with Gasteiger partial charge in [-0.3, -0.25) is 0 Å². The molecule has 124 valence electrons. The summed E-state index contributed by atoms with van der Waals surface area (Å²) >= 11 is 0. The lowest BCUT2D eigenvalue weighted by molar-refractivity contribution is 0.466. The minimum absolute atomic E-state index is 0.0956. The van der Waals surface area contributed by atoms with Gasteiger partial charge in [-0.2, -0.15) is 4.31 Å². The molecule has 2 aromatic carbocycles. The van der Waals surface area contributed by atoms with Crippen molar-refractivity contribution in [2.24, 2.45) is 0 Å². The predicted molar refractivity (Wildman–Crippen MR) is 95.0 cm³/mol. The Morgan fingerprint density at radius 3 is 1.91 bits per heavy atom. The van der Waals surface area contributed by atoms with Gasteiger partial charge in [0, 0.05) is 13.6 Å². The number of rotatable bonds is 4. The summed E-state index contributed by atoms with van der Waals surface area (Å²) in [7, 11) is -1.84. The third-order valence-corrected chi connectivity index (χ3v) is 5.77. The zero-order valence-electron chi connectivity index (χ0n) is 14.5. The number of benzene rings is 2. The van der Waals surface area contributed by atoms with E-state index in [-0.39, 0.29) is 5.41 Å². The van der Waals surface area contributed by atoms with Gasteiger partial charge in [0.05, 0.1) is 4.90 Å². The first kappa shape index (κ1) is 17.7. The summed E-state index contributed by atoms with van der Waals surface area (Å²) in [5, 5.41) is 0. The first-order valence-corrected chi connectivity index (χ1v) is 9.17. The lowest BCUT2D eigenvalue weighted by atomic mass is 9.87. The second-order valence-electron chi connectivity index (χ2n) is 7.02. The largest absolute Gasteiger partial charge is 0.243 e. The Labute approximate surface area is 140 Å². The number of nitrogens with zero attached hydrogens (tertiary/aromatic N) is 1. The van der Waals surface area contributed by atoms with E-state index in [9.17, 15) is 8.42 Å². The first-order valence-electron chi connectivity index (χ1n) is 7.73. The van der Waals surface area contributed by atoms with E-state index in [1.165, 1.54) is 9.87 Å². The van der Waals surface area contributed by atoms with Crippen molar-refractivity contribution < 1.29 is 8.42 Å². The van der Waals surface area contributed by atoms with Crippen molar-refractivity contribution in [3.05, 3.63) is 65.2 Å². The molecule has 23 heavy (non-hydrogen) atoms. The zero-order valence-corrected chi connectivity index (χ0v) is 15.3. The van der Waals surface area contributed by atoms with Crippen LogP contribution in [-0.4, -0.2) is 19.8 Å². The van der Waals surface area contributed by atoms with Crippen LogP contribution in [0.25, 0.3) is 0 Å². The molecule has 0 amide bonds. The maximum Gasteiger partial charge on any atom is 0.243 e. The van der Waals surface area contributed by atoms with E-state index >= 15 is 0 Å². The van der Waals surface area contributed by atoms with Gasteiger partial charge in [-0.15, -0.1) is 0 Å². The van der Waals surface area contributed by atoms with E-state index in [0.717, 1.165) is 11.1 Å². The van der Waals surface area contributed by atoms with Gasteiger partial charge in [0.25, 0.3) is 0 Å². The molecule has 0 radical (unpaired) electrons. The summed E-state index contributed by atoms with van der Waals surface area (Å²) in [6.07, 6.45) is 0. The number of aryl methyl sites for hydroxylation is 1. The molecule has 0 spiro atoms. The van der Waals surface area contributed by atoms with Gasteiger partial charge in [-0.1, -0.05) is 62.7 Å². The van der Waals surface area contributed by atoms with Gasteiger partial charge in [0.1, 0.15) is 0 Å². The summed E-state index contributed by atoms with van der Waals surface area (Å²) in [5.74, 6) is 0. The Morgan fingerprint density at radius 2 is 1.43 bits per heavy atom. The molecule has 0 N–H and O–H groups in total. The molecule has 0 bridgehead atoms. The SMILES string of the molecule is Cc1ccc(S(=O)(=O)N(C)Cc2ccc(C(C)(C)C)cc2)cc1. The maximum atomic E-state index is 12.6. The Kier molecular flexibility index (Phi) is 4.97. The molecule has 4 heteroatoms. The molecule has 0 heterocycles. The lowest BCUT2D eigenvalue weighted by Gasteiger charge is -2.21. The molecule has 0 aliphatic carbocycles. The summed E-state index contributed by atoms with van der Waals surface area (Å²) in [5.41, 5.74) is 3.36. The average Bonchev–Trinajstić information content (AvgIpc) is 2.47. The fourth-order valence-electron chi connectivity index (χ4n) is 2.34. The monoisotopic (exact) mass is 331 g/mol. The zero-order chi connectivity index (χ0) is 17.3. The molecule has 0 aliphatic heterocycles. The third kappa shape index (κ3) is 4.21. The summed E-state index contributed by atoms with van der Waals surface area (Å²) in [6, 6.07) is 15.1. The van der Waals surface area contributed by atoms with Gasteiger partial charge in [-0.05, 0) is 35.6 Å². The van der Waals surface area contributed by atoms with Gasteiger partial charge in [0.2, 0.25) is 10.0 Å². The summed E-state index contributed by atoms with van der Waals surface area (Å²) < 4.78 is 26.6. The Balaban J connectivity index is 2.18. The minimum atomic E-state index is -3.46. The van der Waals surface area contributed by atoms with Gasteiger partial charge in [-0.25, -0.2) is 8.42 Å². The Bertz CT molecular complexity index is 755. The van der Waals surface area contributed by atoms with Crippen LogP contribution in [0.3, 0.4) is 0 Å². The van der Waals surface area contributed by atoms with Crippen molar-refractivity contribution in [2.45, 2.75) is 44.6 Å². The maximum absolute atomic E-state index is 12.6. The fourth-order valence-corrected chi connectivity index (χ4v) is 3.50. The molecule has 0 atom stereocenters. The van der Waals surface area contributed by atoms with Crippen LogP contribution in [0.1, 0.15) is 37.5 Å². The number of sulfonamides is 1. The molecule has 0 aromatic heterocycles. The van der Waals surface area contributed by atoms with Crippen molar-refractivity contribution in [1.29, 1.82) is 0 Å². The van der Waals surface area contributed by atoms with E-state index in [4.69, 9.17) is 0 Å².